The van der Waals surface area contributed by atoms with Gasteiger partial charge in [0.05, 0.1) is 5.56 Å². The number of hydrogen-bond acceptors (Lipinski definition) is 5. The lowest BCUT2D eigenvalue weighted by atomic mass is 10.2. The fraction of sp³-hybridized carbons (Fsp3) is 0.286. The smallest absolute Gasteiger partial charge is 0.352 e. The third-order valence-corrected chi connectivity index (χ3v) is 3.31. The van der Waals surface area contributed by atoms with Gasteiger partial charge in [0.2, 0.25) is 0 Å². The predicted molar refractivity (Wildman–Crippen MR) is 76.3 cm³/mol. The summed E-state index contributed by atoms with van der Waals surface area (Å²) in [6.07, 6.45) is 0. The Hall–Kier alpha value is -2.70. The molecule has 0 saturated carbocycles. The zero-order valence-corrected chi connectivity index (χ0v) is 12.0. The van der Waals surface area contributed by atoms with Crippen LogP contribution in [0.1, 0.15) is 12.7 Å². The van der Waals surface area contributed by atoms with Crippen LogP contribution in [0.2, 0.25) is 0 Å². The topological polar surface area (TPSA) is 82.9 Å². The summed E-state index contributed by atoms with van der Waals surface area (Å²) >= 11 is 0. The molecule has 7 heteroatoms. The van der Waals surface area contributed by atoms with Crippen LogP contribution in [0.3, 0.4) is 0 Å². The molecule has 0 saturated heterocycles. The lowest BCUT2D eigenvalue weighted by Gasteiger charge is -2.13. The Labute approximate surface area is 119 Å². The van der Waals surface area contributed by atoms with Crippen molar-refractivity contribution in [2.75, 3.05) is 0 Å². The van der Waals surface area contributed by atoms with Crippen LogP contribution in [0.15, 0.2) is 32.2 Å². The van der Waals surface area contributed by atoms with E-state index in [1.165, 1.54) is 11.7 Å². The Balaban J connectivity index is 2.38. The van der Waals surface area contributed by atoms with Crippen LogP contribution in [-0.4, -0.2) is 19.3 Å². The van der Waals surface area contributed by atoms with E-state index in [1.807, 2.05) is 19.9 Å². The Morgan fingerprint density at radius 1 is 1.29 bits per heavy atom. The van der Waals surface area contributed by atoms with Crippen molar-refractivity contribution in [1.82, 2.24) is 19.3 Å². The van der Waals surface area contributed by atoms with E-state index in [-0.39, 0.29) is 11.4 Å². The normalized spacial score (nSPS) is 11.2. The SMILES string of the molecule is CCn1nc(-c2ccc(C)o2)cc2c(=O)n(C)c(=O)nc1-2. The van der Waals surface area contributed by atoms with Crippen LogP contribution in [-0.2, 0) is 13.6 Å². The van der Waals surface area contributed by atoms with Crippen molar-refractivity contribution < 1.29 is 4.42 Å². The maximum Gasteiger partial charge on any atom is 0.352 e. The van der Waals surface area contributed by atoms with Crippen molar-refractivity contribution in [3.05, 3.63) is 44.8 Å². The fourth-order valence-electron chi connectivity index (χ4n) is 2.17. The molecule has 0 spiro atoms. The molecule has 0 N–H and O–H groups in total. The molecule has 0 radical (unpaired) electrons. The zero-order chi connectivity index (χ0) is 15.1. The molecule has 0 aromatic carbocycles. The molecule has 0 amide bonds. The van der Waals surface area contributed by atoms with E-state index in [4.69, 9.17) is 4.42 Å². The summed E-state index contributed by atoms with van der Waals surface area (Å²) in [6.45, 7) is 4.19. The minimum absolute atomic E-state index is 0.289. The van der Waals surface area contributed by atoms with E-state index in [1.54, 1.807) is 12.1 Å². The molecule has 21 heavy (non-hydrogen) atoms. The minimum atomic E-state index is -0.585. The summed E-state index contributed by atoms with van der Waals surface area (Å²) in [6, 6.07) is 5.23. The molecule has 2 aliphatic rings. The number of fused-ring (bicyclic) bond motifs is 1. The highest BCUT2D eigenvalue weighted by Crippen LogP contribution is 2.24. The van der Waals surface area contributed by atoms with Crippen LogP contribution >= 0.6 is 0 Å². The number of hydrogen-bond donors (Lipinski definition) is 0. The highest BCUT2D eigenvalue weighted by Gasteiger charge is 2.19. The lowest BCUT2D eigenvalue weighted by molar-refractivity contribution is 0.539. The van der Waals surface area contributed by atoms with Gasteiger partial charge in [-0.25, -0.2) is 9.48 Å². The molecule has 1 aromatic rings. The van der Waals surface area contributed by atoms with E-state index in [0.29, 0.717) is 23.6 Å². The summed E-state index contributed by atoms with van der Waals surface area (Å²) in [7, 11) is 1.41. The monoisotopic (exact) mass is 286 g/mol. The number of furan rings is 1. The number of aryl methyl sites for hydroxylation is 2. The van der Waals surface area contributed by atoms with E-state index in [2.05, 4.69) is 10.1 Å². The van der Waals surface area contributed by atoms with Crippen molar-refractivity contribution in [3.8, 4) is 22.8 Å². The van der Waals surface area contributed by atoms with Crippen molar-refractivity contribution in [3.63, 3.8) is 0 Å². The third-order valence-electron chi connectivity index (χ3n) is 3.31. The van der Waals surface area contributed by atoms with Gasteiger partial charge in [0, 0.05) is 13.6 Å². The maximum absolute atomic E-state index is 12.3. The fourth-order valence-corrected chi connectivity index (χ4v) is 2.17. The quantitative estimate of drug-likeness (QED) is 0.702. The van der Waals surface area contributed by atoms with Crippen molar-refractivity contribution in [2.45, 2.75) is 20.4 Å². The molecular formula is C14H14N4O3. The van der Waals surface area contributed by atoms with Gasteiger partial charge < -0.3 is 4.42 Å². The number of aromatic nitrogens is 4. The molecular weight excluding hydrogens is 272 g/mol. The standard InChI is InChI=1S/C14H14N4O3/c1-4-18-12-9(13(19)17(3)14(20)15-12)7-10(16-18)11-6-5-8(2)21-11/h5-7H,4H2,1-3H3. The van der Waals surface area contributed by atoms with Gasteiger partial charge in [0.25, 0.3) is 5.56 Å². The summed E-state index contributed by atoms with van der Waals surface area (Å²) in [5.74, 6) is 1.62. The molecule has 2 aliphatic heterocycles. The lowest BCUT2D eigenvalue weighted by Crippen LogP contribution is -2.36. The first kappa shape index (κ1) is 13.3. The molecule has 3 rings (SSSR count). The van der Waals surface area contributed by atoms with Crippen LogP contribution in [0.5, 0.6) is 0 Å². The van der Waals surface area contributed by atoms with Gasteiger partial charge in [-0.15, -0.1) is 0 Å². The summed E-state index contributed by atoms with van der Waals surface area (Å²) < 4.78 is 8.06. The number of nitrogens with zero attached hydrogens (tertiary/aromatic N) is 4. The van der Waals surface area contributed by atoms with Gasteiger partial charge in [-0.3, -0.25) is 9.36 Å². The predicted octanol–water partition coefficient (Wildman–Crippen LogP) is 1.03. The molecule has 1 aromatic heterocycles. The first-order chi connectivity index (χ1) is 10.0. The van der Waals surface area contributed by atoms with E-state index in [0.717, 1.165) is 10.3 Å². The second-order valence-corrected chi connectivity index (χ2v) is 4.75. The van der Waals surface area contributed by atoms with Crippen molar-refractivity contribution in [2.24, 2.45) is 7.05 Å². The highest BCUT2D eigenvalue weighted by molar-refractivity contribution is 5.63. The molecule has 3 heterocycles. The maximum atomic E-state index is 12.3. The first-order valence-electron chi connectivity index (χ1n) is 6.57. The average molecular weight is 286 g/mol. The van der Waals surface area contributed by atoms with Gasteiger partial charge in [0.1, 0.15) is 11.5 Å². The minimum Gasteiger partial charge on any atom is -0.460 e. The Bertz CT molecular complexity index is 903. The second kappa shape index (κ2) is 4.69. The number of rotatable bonds is 2. The molecule has 7 nitrogen and oxygen atoms in total. The molecule has 0 fully saturated rings. The van der Waals surface area contributed by atoms with Gasteiger partial charge in [0.15, 0.2) is 11.6 Å². The highest BCUT2D eigenvalue weighted by atomic mass is 16.3. The first-order valence-corrected chi connectivity index (χ1v) is 6.57. The zero-order valence-electron chi connectivity index (χ0n) is 12.0. The Morgan fingerprint density at radius 3 is 2.67 bits per heavy atom. The Kier molecular flexibility index (Phi) is 2.97. The molecule has 0 unspecified atom stereocenters. The summed E-state index contributed by atoms with van der Waals surface area (Å²) in [5, 5.41) is 4.39. The summed E-state index contributed by atoms with van der Waals surface area (Å²) in [5.41, 5.74) is -0.0924. The molecule has 0 atom stereocenters. The van der Waals surface area contributed by atoms with Crippen molar-refractivity contribution in [1.29, 1.82) is 0 Å². The van der Waals surface area contributed by atoms with E-state index < -0.39 is 5.69 Å². The van der Waals surface area contributed by atoms with Gasteiger partial charge in [-0.2, -0.15) is 10.1 Å². The second-order valence-electron chi connectivity index (χ2n) is 4.75. The van der Waals surface area contributed by atoms with Crippen LogP contribution in [0, 0.1) is 6.92 Å². The van der Waals surface area contributed by atoms with Crippen LogP contribution in [0.25, 0.3) is 22.8 Å². The van der Waals surface area contributed by atoms with Gasteiger partial charge in [-0.1, -0.05) is 0 Å². The van der Waals surface area contributed by atoms with Crippen molar-refractivity contribution >= 4 is 0 Å². The molecule has 108 valence electrons. The average Bonchev–Trinajstić information content (AvgIpc) is 2.91. The van der Waals surface area contributed by atoms with E-state index >= 15 is 0 Å². The Morgan fingerprint density at radius 2 is 2.05 bits per heavy atom. The van der Waals surface area contributed by atoms with Crippen LogP contribution in [0.4, 0.5) is 0 Å². The largest absolute Gasteiger partial charge is 0.460 e. The van der Waals surface area contributed by atoms with Crippen LogP contribution < -0.4 is 11.2 Å². The summed E-state index contributed by atoms with van der Waals surface area (Å²) in [4.78, 5) is 27.9. The van der Waals surface area contributed by atoms with E-state index in [9.17, 15) is 9.59 Å². The molecule has 0 bridgehead atoms. The van der Waals surface area contributed by atoms with Gasteiger partial charge >= 0.3 is 5.69 Å². The molecule has 0 aliphatic carbocycles. The van der Waals surface area contributed by atoms with Gasteiger partial charge in [-0.05, 0) is 32.0 Å². The third kappa shape index (κ3) is 2.06.